The van der Waals surface area contributed by atoms with E-state index in [9.17, 15) is 19.3 Å². The summed E-state index contributed by atoms with van der Waals surface area (Å²) in [6.45, 7) is 1.47. The van der Waals surface area contributed by atoms with Crippen LogP contribution in [-0.2, 0) is 4.74 Å². The second-order valence-corrected chi connectivity index (χ2v) is 5.85. The van der Waals surface area contributed by atoms with Crippen LogP contribution >= 0.6 is 11.6 Å². The van der Waals surface area contributed by atoms with Crippen molar-refractivity contribution in [2.75, 3.05) is 0 Å². The fraction of sp³-hybridized carbons (Fsp3) is 0.118. The molecule has 8 nitrogen and oxygen atoms in total. The second kappa shape index (κ2) is 7.50. The molecule has 1 atom stereocenters. The fourth-order valence-electron chi connectivity index (χ4n) is 2.21. The number of ether oxygens (including phenoxy) is 1. The third-order valence-electron chi connectivity index (χ3n) is 3.54. The molecule has 0 saturated heterocycles. The molecule has 138 valence electrons. The lowest BCUT2D eigenvalue weighted by Crippen LogP contribution is -2.11. The molecule has 0 aliphatic carbocycles. The number of esters is 1. The molecule has 3 aromatic rings. The lowest BCUT2D eigenvalue weighted by Gasteiger charge is -2.09. The highest BCUT2D eigenvalue weighted by atomic mass is 35.5. The third-order valence-corrected chi connectivity index (χ3v) is 3.77. The first-order valence-electron chi connectivity index (χ1n) is 7.59. The summed E-state index contributed by atoms with van der Waals surface area (Å²) in [5, 5.41) is 18.8. The maximum absolute atomic E-state index is 13.0. The van der Waals surface area contributed by atoms with Gasteiger partial charge >= 0.3 is 5.97 Å². The molecule has 0 radical (unpaired) electrons. The molecule has 0 bridgehead atoms. The van der Waals surface area contributed by atoms with Crippen molar-refractivity contribution in [3.8, 4) is 11.5 Å². The van der Waals surface area contributed by atoms with Gasteiger partial charge in [-0.05, 0) is 43.3 Å². The Hall–Kier alpha value is -3.33. The average molecular weight is 392 g/mol. The van der Waals surface area contributed by atoms with Gasteiger partial charge in [0, 0.05) is 16.7 Å². The molecule has 2 aromatic carbocycles. The molecule has 0 amide bonds. The molecule has 0 saturated carbocycles. The largest absolute Gasteiger partial charge is 0.449 e. The molecular formula is C17H11ClFN3O5. The van der Waals surface area contributed by atoms with Crippen molar-refractivity contribution in [1.82, 2.24) is 10.2 Å². The van der Waals surface area contributed by atoms with Crippen LogP contribution in [0.1, 0.15) is 29.3 Å². The molecule has 0 aliphatic rings. The Bertz CT molecular complexity index is 1010. The van der Waals surface area contributed by atoms with Crippen LogP contribution in [0.3, 0.4) is 0 Å². The molecular weight excluding hydrogens is 381 g/mol. The van der Waals surface area contributed by atoms with E-state index in [2.05, 4.69) is 10.2 Å². The molecule has 0 fully saturated rings. The Labute approximate surface area is 156 Å². The van der Waals surface area contributed by atoms with Crippen molar-refractivity contribution in [1.29, 1.82) is 0 Å². The normalized spacial score (nSPS) is 11.8. The van der Waals surface area contributed by atoms with E-state index in [0.29, 0.717) is 5.56 Å². The van der Waals surface area contributed by atoms with E-state index in [0.717, 1.165) is 12.1 Å². The summed E-state index contributed by atoms with van der Waals surface area (Å²) in [4.78, 5) is 22.7. The SMILES string of the molecule is C[C@H](OC(=O)c1cc(Cl)ccc1[N+](=O)[O-])c1nnc(-c2ccc(F)cc2)o1. The lowest BCUT2D eigenvalue weighted by atomic mass is 10.2. The van der Waals surface area contributed by atoms with E-state index in [1.165, 1.54) is 37.3 Å². The van der Waals surface area contributed by atoms with E-state index in [4.69, 9.17) is 20.8 Å². The minimum absolute atomic E-state index is 0.0210. The number of halogens is 2. The molecule has 1 heterocycles. The van der Waals surface area contributed by atoms with Gasteiger partial charge in [0.2, 0.25) is 5.89 Å². The summed E-state index contributed by atoms with van der Waals surface area (Å²) < 4.78 is 23.6. The number of nitro benzene ring substituents is 1. The molecule has 0 aliphatic heterocycles. The Balaban J connectivity index is 1.79. The van der Waals surface area contributed by atoms with Crippen molar-refractivity contribution in [2.24, 2.45) is 0 Å². The van der Waals surface area contributed by atoms with Gasteiger partial charge in [0.1, 0.15) is 11.4 Å². The van der Waals surface area contributed by atoms with Crippen LogP contribution < -0.4 is 0 Å². The number of aromatic nitrogens is 2. The first kappa shape index (κ1) is 18.5. The zero-order chi connectivity index (χ0) is 19.6. The monoisotopic (exact) mass is 391 g/mol. The summed E-state index contributed by atoms with van der Waals surface area (Å²) in [5.41, 5.74) is -0.245. The molecule has 0 spiro atoms. The van der Waals surface area contributed by atoms with Crippen LogP contribution in [0.25, 0.3) is 11.5 Å². The first-order chi connectivity index (χ1) is 12.8. The number of benzene rings is 2. The molecule has 0 unspecified atom stereocenters. The highest BCUT2D eigenvalue weighted by Crippen LogP contribution is 2.27. The van der Waals surface area contributed by atoms with Crippen LogP contribution in [0.4, 0.5) is 10.1 Å². The standard InChI is InChI=1S/C17H11ClFN3O5/c1-9(15-20-21-16(27-15)10-2-5-12(19)6-3-10)26-17(23)13-8-11(18)4-7-14(13)22(24)25/h2-9H,1H3/t9-/m0/s1. The third kappa shape index (κ3) is 4.09. The van der Waals surface area contributed by atoms with Crippen molar-refractivity contribution >= 4 is 23.3 Å². The average Bonchev–Trinajstić information content (AvgIpc) is 3.12. The topological polar surface area (TPSA) is 108 Å². The molecule has 27 heavy (non-hydrogen) atoms. The Morgan fingerprint density at radius 2 is 1.96 bits per heavy atom. The maximum Gasteiger partial charge on any atom is 0.345 e. The fourth-order valence-corrected chi connectivity index (χ4v) is 2.39. The number of hydrogen-bond acceptors (Lipinski definition) is 7. The second-order valence-electron chi connectivity index (χ2n) is 5.42. The van der Waals surface area contributed by atoms with E-state index in [-0.39, 0.29) is 22.4 Å². The van der Waals surface area contributed by atoms with Gasteiger partial charge in [-0.15, -0.1) is 10.2 Å². The predicted molar refractivity (Wildman–Crippen MR) is 91.6 cm³/mol. The lowest BCUT2D eigenvalue weighted by molar-refractivity contribution is -0.385. The van der Waals surface area contributed by atoms with Gasteiger partial charge < -0.3 is 9.15 Å². The highest BCUT2D eigenvalue weighted by molar-refractivity contribution is 6.31. The first-order valence-corrected chi connectivity index (χ1v) is 7.97. The Morgan fingerprint density at radius 1 is 1.26 bits per heavy atom. The van der Waals surface area contributed by atoms with Crippen molar-refractivity contribution in [2.45, 2.75) is 13.0 Å². The minimum Gasteiger partial charge on any atom is -0.449 e. The van der Waals surface area contributed by atoms with Gasteiger partial charge in [0.05, 0.1) is 4.92 Å². The maximum atomic E-state index is 13.0. The number of nitro groups is 1. The molecule has 1 aromatic heterocycles. The number of carbonyl (C=O) groups is 1. The summed E-state index contributed by atoms with van der Waals surface area (Å²) >= 11 is 5.80. The van der Waals surface area contributed by atoms with Gasteiger partial charge in [0.25, 0.3) is 11.6 Å². The number of rotatable bonds is 5. The highest BCUT2D eigenvalue weighted by Gasteiger charge is 2.26. The summed E-state index contributed by atoms with van der Waals surface area (Å²) in [7, 11) is 0. The smallest absolute Gasteiger partial charge is 0.345 e. The van der Waals surface area contributed by atoms with Crippen LogP contribution in [-0.4, -0.2) is 21.1 Å². The summed E-state index contributed by atoms with van der Waals surface area (Å²) in [5.74, 6) is -1.28. The van der Waals surface area contributed by atoms with Crippen LogP contribution in [0.2, 0.25) is 5.02 Å². The number of hydrogen-bond donors (Lipinski definition) is 0. The Kier molecular flexibility index (Phi) is 5.13. The van der Waals surface area contributed by atoms with Crippen molar-refractivity contribution in [3.05, 3.63) is 74.9 Å². The number of nitrogens with zero attached hydrogens (tertiary/aromatic N) is 3. The van der Waals surface area contributed by atoms with Gasteiger partial charge in [-0.1, -0.05) is 11.6 Å². The summed E-state index contributed by atoms with van der Waals surface area (Å²) in [6, 6.07) is 8.95. The van der Waals surface area contributed by atoms with Gasteiger partial charge in [0.15, 0.2) is 6.10 Å². The van der Waals surface area contributed by atoms with Crippen LogP contribution in [0.5, 0.6) is 0 Å². The minimum atomic E-state index is -0.974. The molecule has 3 rings (SSSR count). The van der Waals surface area contributed by atoms with Crippen LogP contribution in [0.15, 0.2) is 46.9 Å². The number of carbonyl (C=O) groups excluding carboxylic acids is 1. The zero-order valence-corrected chi connectivity index (χ0v) is 14.5. The zero-order valence-electron chi connectivity index (χ0n) is 13.8. The summed E-state index contributed by atoms with van der Waals surface area (Å²) in [6.07, 6.45) is -0.974. The van der Waals surface area contributed by atoms with E-state index < -0.39 is 28.5 Å². The van der Waals surface area contributed by atoms with Crippen molar-refractivity contribution in [3.63, 3.8) is 0 Å². The Morgan fingerprint density at radius 3 is 2.63 bits per heavy atom. The van der Waals surface area contributed by atoms with E-state index >= 15 is 0 Å². The van der Waals surface area contributed by atoms with E-state index in [1.54, 1.807) is 0 Å². The molecule has 0 N–H and O–H groups in total. The quantitative estimate of drug-likeness (QED) is 0.361. The van der Waals surface area contributed by atoms with Gasteiger partial charge in [-0.2, -0.15) is 0 Å². The predicted octanol–water partition coefficient (Wildman–Crippen LogP) is 4.36. The van der Waals surface area contributed by atoms with Gasteiger partial charge in [-0.25, -0.2) is 9.18 Å². The van der Waals surface area contributed by atoms with Crippen molar-refractivity contribution < 1.29 is 23.3 Å². The van der Waals surface area contributed by atoms with Gasteiger partial charge in [-0.3, -0.25) is 10.1 Å². The van der Waals surface area contributed by atoms with E-state index in [1.807, 2.05) is 0 Å². The van der Waals surface area contributed by atoms with Crippen LogP contribution in [0, 0.1) is 15.9 Å². The molecule has 10 heteroatoms.